The number of hydrogen-bond donors (Lipinski definition) is 2. The summed E-state index contributed by atoms with van der Waals surface area (Å²) in [7, 11) is 0. The third kappa shape index (κ3) is 3.81. The highest BCUT2D eigenvalue weighted by atomic mass is 16.5. The minimum Gasteiger partial charge on any atom is -0.394 e. The zero-order valence-corrected chi connectivity index (χ0v) is 16.9. The predicted molar refractivity (Wildman–Crippen MR) is 109 cm³/mol. The summed E-state index contributed by atoms with van der Waals surface area (Å²) in [5.74, 6) is 1.72. The first kappa shape index (κ1) is 20.1. The van der Waals surface area contributed by atoms with Gasteiger partial charge < -0.3 is 24.6 Å². The summed E-state index contributed by atoms with van der Waals surface area (Å²) in [6.07, 6.45) is 4.91. The maximum Gasteiger partial charge on any atom is 0.242 e. The van der Waals surface area contributed by atoms with Gasteiger partial charge in [0.25, 0.3) is 0 Å². The number of fused-ring (bicyclic) bond motifs is 1. The first-order valence-corrected chi connectivity index (χ1v) is 9.84. The van der Waals surface area contributed by atoms with E-state index in [0.29, 0.717) is 54.9 Å². The fourth-order valence-corrected chi connectivity index (χ4v) is 3.49. The number of aryl methyl sites for hydroxylation is 2. The summed E-state index contributed by atoms with van der Waals surface area (Å²) < 4.78 is 7.29. The van der Waals surface area contributed by atoms with Gasteiger partial charge in [-0.25, -0.2) is 24.9 Å². The van der Waals surface area contributed by atoms with E-state index in [2.05, 4.69) is 25.3 Å². The number of aliphatic hydroxyl groups excluding tert-OH is 1. The Hall–Kier alpha value is -3.18. The SMILES string of the molecule is CCn1c(-c2cnc(C)nc2)nc2c(NCC(=O)N3CCOCC3CO)ncnc21. The molecule has 0 radical (unpaired) electrons. The molecular weight excluding hydrogens is 388 g/mol. The summed E-state index contributed by atoms with van der Waals surface area (Å²) in [6, 6.07) is -0.328. The number of carbonyl (C=O) groups is 1. The highest BCUT2D eigenvalue weighted by molar-refractivity contribution is 5.89. The molecule has 1 atom stereocenters. The molecule has 1 fully saturated rings. The smallest absolute Gasteiger partial charge is 0.242 e. The van der Waals surface area contributed by atoms with Gasteiger partial charge >= 0.3 is 0 Å². The van der Waals surface area contributed by atoms with Gasteiger partial charge in [-0.1, -0.05) is 0 Å². The fraction of sp³-hybridized carbons (Fsp3) is 0.474. The second-order valence-corrected chi connectivity index (χ2v) is 6.95. The van der Waals surface area contributed by atoms with Crippen LogP contribution in [0.5, 0.6) is 0 Å². The van der Waals surface area contributed by atoms with Crippen LogP contribution in [0.15, 0.2) is 18.7 Å². The topological polar surface area (TPSA) is 131 Å². The number of rotatable bonds is 6. The zero-order valence-electron chi connectivity index (χ0n) is 16.9. The molecule has 4 heterocycles. The van der Waals surface area contributed by atoms with Gasteiger partial charge in [-0.15, -0.1) is 0 Å². The molecule has 2 N–H and O–H groups in total. The third-order valence-electron chi connectivity index (χ3n) is 5.05. The van der Waals surface area contributed by atoms with Crippen molar-refractivity contribution < 1.29 is 14.6 Å². The number of carbonyl (C=O) groups excluding carboxylic acids is 1. The Kier molecular flexibility index (Phi) is 5.81. The van der Waals surface area contributed by atoms with Crippen molar-refractivity contribution in [2.45, 2.75) is 26.4 Å². The molecule has 30 heavy (non-hydrogen) atoms. The van der Waals surface area contributed by atoms with Crippen LogP contribution in [0.2, 0.25) is 0 Å². The van der Waals surface area contributed by atoms with Crippen LogP contribution < -0.4 is 5.32 Å². The van der Waals surface area contributed by atoms with E-state index in [-0.39, 0.29) is 25.1 Å². The molecule has 11 heteroatoms. The molecule has 1 aliphatic rings. The number of hydrogen-bond acceptors (Lipinski definition) is 9. The van der Waals surface area contributed by atoms with Gasteiger partial charge in [0.05, 0.1) is 38.0 Å². The van der Waals surface area contributed by atoms with Gasteiger partial charge in [0, 0.05) is 25.5 Å². The van der Waals surface area contributed by atoms with Crippen molar-refractivity contribution in [1.29, 1.82) is 0 Å². The fourth-order valence-electron chi connectivity index (χ4n) is 3.49. The van der Waals surface area contributed by atoms with Crippen LogP contribution in [0.3, 0.4) is 0 Å². The second kappa shape index (κ2) is 8.67. The Morgan fingerprint density at radius 1 is 1.30 bits per heavy atom. The number of amides is 1. The Morgan fingerprint density at radius 2 is 2.10 bits per heavy atom. The number of nitrogens with zero attached hydrogens (tertiary/aromatic N) is 7. The zero-order chi connectivity index (χ0) is 21.1. The van der Waals surface area contributed by atoms with Crippen molar-refractivity contribution in [3.05, 3.63) is 24.5 Å². The van der Waals surface area contributed by atoms with Crippen LogP contribution in [0.4, 0.5) is 5.82 Å². The van der Waals surface area contributed by atoms with Gasteiger partial charge in [0.2, 0.25) is 5.91 Å². The lowest BCUT2D eigenvalue weighted by Crippen LogP contribution is -2.52. The monoisotopic (exact) mass is 412 g/mol. The van der Waals surface area contributed by atoms with E-state index >= 15 is 0 Å². The number of morpholine rings is 1. The van der Waals surface area contributed by atoms with E-state index in [1.54, 1.807) is 17.3 Å². The van der Waals surface area contributed by atoms with Gasteiger partial charge in [0.15, 0.2) is 17.0 Å². The number of aliphatic hydroxyl groups is 1. The average molecular weight is 412 g/mol. The lowest BCUT2D eigenvalue weighted by molar-refractivity contribution is -0.139. The molecule has 0 aromatic carbocycles. The first-order chi connectivity index (χ1) is 14.6. The molecular formula is C19H24N8O3. The molecule has 158 valence electrons. The van der Waals surface area contributed by atoms with E-state index in [1.807, 2.05) is 18.4 Å². The highest BCUT2D eigenvalue weighted by Gasteiger charge is 2.26. The average Bonchev–Trinajstić information content (AvgIpc) is 3.17. The number of imidazole rings is 1. The molecule has 11 nitrogen and oxygen atoms in total. The Morgan fingerprint density at radius 3 is 2.83 bits per heavy atom. The standard InChI is InChI=1S/C19H24N8O3/c1-3-26-18(13-6-20-12(2)21-7-13)25-16-17(23-11-24-19(16)26)22-8-15(29)27-4-5-30-10-14(27)9-28/h6-7,11,14,28H,3-5,8-10H2,1-2H3,(H,22,23,24). The molecule has 0 spiro atoms. The van der Waals surface area contributed by atoms with Crippen molar-refractivity contribution in [3.63, 3.8) is 0 Å². The molecule has 1 aliphatic heterocycles. The molecule has 1 unspecified atom stereocenters. The Labute approximate surface area is 173 Å². The van der Waals surface area contributed by atoms with Crippen molar-refractivity contribution in [1.82, 2.24) is 34.4 Å². The predicted octanol–water partition coefficient (Wildman–Crippen LogP) is 0.243. The largest absolute Gasteiger partial charge is 0.394 e. The van der Waals surface area contributed by atoms with E-state index in [4.69, 9.17) is 9.72 Å². The maximum absolute atomic E-state index is 12.7. The molecule has 0 saturated carbocycles. The number of nitrogens with one attached hydrogen (secondary N) is 1. The van der Waals surface area contributed by atoms with Gasteiger partial charge in [-0.3, -0.25) is 4.79 Å². The van der Waals surface area contributed by atoms with Crippen molar-refractivity contribution in [2.24, 2.45) is 0 Å². The van der Waals surface area contributed by atoms with Crippen molar-refractivity contribution >= 4 is 22.9 Å². The van der Waals surface area contributed by atoms with Crippen molar-refractivity contribution in [3.8, 4) is 11.4 Å². The van der Waals surface area contributed by atoms with E-state index in [1.165, 1.54) is 6.33 Å². The second-order valence-electron chi connectivity index (χ2n) is 6.95. The highest BCUT2D eigenvalue weighted by Crippen LogP contribution is 2.26. The number of aromatic nitrogens is 6. The van der Waals surface area contributed by atoms with Crippen LogP contribution in [0.1, 0.15) is 12.7 Å². The number of anilines is 1. The molecule has 3 aromatic heterocycles. The first-order valence-electron chi connectivity index (χ1n) is 9.84. The minimum absolute atomic E-state index is 0.0323. The summed E-state index contributed by atoms with van der Waals surface area (Å²) in [5, 5.41) is 12.6. The summed E-state index contributed by atoms with van der Waals surface area (Å²) >= 11 is 0. The lowest BCUT2D eigenvalue weighted by Gasteiger charge is -2.34. The summed E-state index contributed by atoms with van der Waals surface area (Å²) in [5.41, 5.74) is 2.02. The van der Waals surface area contributed by atoms with Crippen LogP contribution in [0, 0.1) is 6.92 Å². The minimum atomic E-state index is -0.328. The third-order valence-corrected chi connectivity index (χ3v) is 5.05. The quantitative estimate of drug-likeness (QED) is 0.584. The van der Waals surface area contributed by atoms with E-state index < -0.39 is 0 Å². The molecule has 0 bridgehead atoms. The summed E-state index contributed by atoms with van der Waals surface area (Å²) in [6.45, 7) is 5.63. The molecule has 1 amide bonds. The lowest BCUT2D eigenvalue weighted by atomic mass is 10.2. The van der Waals surface area contributed by atoms with Gasteiger partial charge in [-0.2, -0.15) is 0 Å². The molecule has 0 aliphatic carbocycles. The molecule has 1 saturated heterocycles. The van der Waals surface area contributed by atoms with E-state index in [0.717, 1.165) is 5.56 Å². The normalized spacial score (nSPS) is 16.8. The maximum atomic E-state index is 12.7. The van der Waals surface area contributed by atoms with Crippen LogP contribution >= 0.6 is 0 Å². The van der Waals surface area contributed by atoms with Crippen LogP contribution in [-0.4, -0.2) is 84.4 Å². The van der Waals surface area contributed by atoms with Gasteiger partial charge in [-0.05, 0) is 13.8 Å². The molecule has 4 rings (SSSR count). The summed E-state index contributed by atoms with van der Waals surface area (Å²) in [4.78, 5) is 36.2. The van der Waals surface area contributed by atoms with Crippen LogP contribution in [-0.2, 0) is 16.1 Å². The Bertz CT molecular complexity index is 1040. The number of ether oxygens (including phenoxy) is 1. The van der Waals surface area contributed by atoms with Crippen molar-refractivity contribution in [2.75, 3.05) is 38.2 Å². The van der Waals surface area contributed by atoms with Crippen LogP contribution in [0.25, 0.3) is 22.6 Å². The molecule has 3 aromatic rings. The Balaban J connectivity index is 1.60. The van der Waals surface area contributed by atoms with E-state index in [9.17, 15) is 9.90 Å². The van der Waals surface area contributed by atoms with Gasteiger partial charge in [0.1, 0.15) is 18.0 Å².